The number of benzene rings is 1. The molecule has 162 valence electrons. The molecule has 3 heterocycles. The van der Waals surface area contributed by atoms with E-state index in [1.165, 1.54) is 5.56 Å². The highest BCUT2D eigenvalue weighted by atomic mass is 16.3. The zero-order valence-electron chi connectivity index (χ0n) is 17.9. The van der Waals surface area contributed by atoms with Crippen molar-refractivity contribution in [3.8, 4) is 0 Å². The zero-order valence-corrected chi connectivity index (χ0v) is 17.9. The van der Waals surface area contributed by atoms with E-state index in [9.17, 15) is 9.90 Å². The molecule has 1 aliphatic heterocycles. The third-order valence-electron chi connectivity index (χ3n) is 6.61. The molecule has 1 aliphatic carbocycles. The highest BCUT2D eigenvalue weighted by molar-refractivity contribution is 5.95. The number of piperidine rings is 1. The predicted octanol–water partition coefficient (Wildman–Crippen LogP) is 3.38. The molecule has 3 aromatic rings. The fraction of sp³-hybridized carbons (Fsp3) is 0.458. The summed E-state index contributed by atoms with van der Waals surface area (Å²) in [6, 6.07) is 14.1. The summed E-state index contributed by atoms with van der Waals surface area (Å²) in [6.45, 7) is 4.03. The summed E-state index contributed by atoms with van der Waals surface area (Å²) in [6.07, 6.45) is 3.85. The van der Waals surface area contributed by atoms with Gasteiger partial charge in [-0.1, -0.05) is 30.3 Å². The van der Waals surface area contributed by atoms with Crippen molar-refractivity contribution in [1.29, 1.82) is 0 Å². The highest BCUT2D eigenvalue weighted by Crippen LogP contribution is 2.47. The molecule has 1 amide bonds. The maximum Gasteiger partial charge on any atom is 0.229 e. The van der Waals surface area contributed by atoms with Gasteiger partial charge in [0.2, 0.25) is 5.91 Å². The van der Waals surface area contributed by atoms with Crippen molar-refractivity contribution in [1.82, 2.24) is 14.6 Å². The topological polar surface area (TPSA) is 82.8 Å². The Kier molecular flexibility index (Phi) is 5.36. The molecule has 1 saturated carbocycles. The number of carbonyl (C=O) groups is 1. The minimum atomic E-state index is 0.00440. The number of nitrogens with one attached hydrogen (secondary N) is 1. The minimum Gasteiger partial charge on any atom is -0.396 e. The summed E-state index contributed by atoms with van der Waals surface area (Å²) in [5.41, 5.74) is 2.88. The number of nitrogens with zero attached hydrogens (tertiary/aromatic N) is 4. The minimum absolute atomic E-state index is 0.00440. The molecule has 7 nitrogen and oxygen atoms in total. The van der Waals surface area contributed by atoms with Crippen LogP contribution in [0.4, 0.5) is 11.6 Å². The normalized spacial score (nSPS) is 21.4. The Balaban J connectivity index is 1.34. The molecule has 0 spiro atoms. The largest absolute Gasteiger partial charge is 0.396 e. The molecular formula is C24H29N5O2. The van der Waals surface area contributed by atoms with E-state index in [0.717, 1.165) is 55.9 Å². The van der Waals surface area contributed by atoms with Gasteiger partial charge in [-0.3, -0.25) is 4.79 Å². The number of carbonyl (C=O) groups excluding carboxylic acids is 1. The van der Waals surface area contributed by atoms with Gasteiger partial charge in [0.25, 0.3) is 0 Å². The molecule has 0 bridgehead atoms. The first-order chi connectivity index (χ1) is 15.1. The number of rotatable bonds is 6. The van der Waals surface area contributed by atoms with Crippen LogP contribution in [0.1, 0.15) is 42.9 Å². The lowest BCUT2D eigenvalue weighted by atomic mass is 9.94. The Bertz CT molecular complexity index is 1070. The van der Waals surface area contributed by atoms with Gasteiger partial charge in [0.15, 0.2) is 5.65 Å². The molecule has 7 heteroatoms. The van der Waals surface area contributed by atoms with Gasteiger partial charge in [-0.2, -0.15) is 9.61 Å². The third kappa shape index (κ3) is 4.14. The van der Waals surface area contributed by atoms with Crippen LogP contribution in [0.25, 0.3) is 5.65 Å². The van der Waals surface area contributed by atoms with Gasteiger partial charge >= 0.3 is 0 Å². The van der Waals surface area contributed by atoms with Gasteiger partial charge in [0, 0.05) is 37.7 Å². The van der Waals surface area contributed by atoms with Crippen molar-refractivity contribution < 1.29 is 9.90 Å². The summed E-state index contributed by atoms with van der Waals surface area (Å²) in [5.74, 6) is 2.46. The molecule has 31 heavy (non-hydrogen) atoms. The number of anilines is 2. The second-order valence-corrected chi connectivity index (χ2v) is 8.85. The van der Waals surface area contributed by atoms with E-state index in [1.807, 2.05) is 41.8 Å². The van der Waals surface area contributed by atoms with Crippen molar-refractivity contribution in [2.24, 2.45) is 11.8 Å². The van der Waals surface area contributed by atoms with Gasteiger partial charge in [-0.05, 0) is 50.0 Å². The van der Waals surface area contributed by atoms with Crippen LogP contribution >= 0.6 is 0 Å². The Labute approximate surface area is 182 Å². The summed E-state index contributed by atoms with van der Waals surface area (Å²) in [4.78, 5) is 19.9. The maximum atomic E-state index is 12.9. The van der Waals surface area contributed by atoms with Crippen LogP contribution in [-0.2, 0) is 4.79 Å². The van der Waals surface area contributed by atoms with E-state index >= 15 is 0 Å². The van der Waals surface area contributed by atoms with Crippen molar-refractivity contribution in [3.63, 3.8) is 0 Å². The first kappa shape index (κ1) is 20.0. The molecule has 2 aromatic heterocycles. The number of hydrogen-bond donors (Lipinski definition) is 2. The van der Waals surface area contributed by atoms with Crippen molar-refractivity contribution in [2.45, 2.75) is 38.5 Å². The van der Waals surface area contributed by atoms with Crippen LogP contribution in [-0.4, -0.2) is 45.3 Å². The Morgan fingerprint density at radius 1 is 1.19 bits per heavy atom. The molecular weight excluding hydrogens is 390 g/mol. The van der Waals surface area contributed by atoms with Gasteiger partial charge < -0.3 is 15.3 Å². The van der Waals surface area contributed by atoms with Crippen molar-refractivity contribution in [2.75, 3.05) is 29.9 Å². The fourth-order valence-electron chi connectivity index (χ4n) is 4.77. The van der Waals surface area contributed by atoms with Gasteiger partial charge in [-0.25, -0.2) is 4.98 Å². The van der Waals surface area contributed by atoms with E-state index in [4.69, 9.17) is 0 Å². The maximum absolute atomic E-state index is 12.9. The molecule has 0 radical (unpaired) electrons. The van der Waals surface area contributed by atoms with Crippen LogP contribution in [0.2, 0.25) is 0 Å². The number of aromatic nitrogens is 3. The Morgan fingerprint density at radius 3 is 2.71 bits per heavy atom. The van der Waals surface area contributed by atoms with Crippen LogP contribution < -0.4 is 10.2 Å². The molecule has 2 unspecified atom stereocenters. The van der Waals surface area contributed by atoms with Crippen LogP contribution in [0, 0.1) is 18.8 Å². The second kappa shape index (κ2) is 8.30. The summed E-state index contributed by atoms with van der Waals surface area (Å²) < 4.78 is 1.88. The lowest BCUT2D eigenvalue weighted by molar-refractivity contribution is -0.117. The van der Waals surface area contributed by atoms with Crippen LogP contribution in [0.3, 0.4) is 0 Å². The molecule has 2 atom stereocenters. The predicted molar refractivity (Wildman–Crippen MR) is 120 cm³/mol. The molecule has 2 N–H and O–H groups in total. The number of hydrogen-bond acceptors (Lipinski definition) is 5. The standard InChI is InChI=1S/C24H29N5O2/c1-16-13-22-25-21(26-24(31)20-14-19(20)18-5-3-2-4-6-18)15-23(29(22)27-16)28-10-7-17(8-11-28)9-12-30/h2-6,13,15,17,19-20,30H,7-12,14H2,1H3,(H,25,26,31). The Hall–Kier alpha value is -2.93. The average Bonchev–Trinajstić information content (AvgIpc) is 3.50. The van der Waals surface area contributed by atoms with E-state index in [1.54, 1.807) is 0 Å². The van der Waals surface area contributed by atoms with Gasteiger partial charge in [-0.15, -0.1) is 0 Å². The van der Waals surface area contributed by atoms with Gasteiger partial charge in [0.1, 0.15) is 11.6 Å². The number of amides is 1. The summed E-state index contributed by atoms with van der Waals surface area (Å²) in [5, 5.41) is 16.9. The first-order valence-electron chi connectivity index (χ1n) is 11.2. The summed E-state index contributed by atoms with van der Waals surface area (Å²) >= 11 is 0. The number of aryl methyl sites for hydroxylation is 1. The number of aliphatic hydroxyl groups excluding tert-OH is 1. The SMILES string of the molecule is Cc1cc2nc(NC(=O)C3CC3c3ccccc3)cc(N3CCC(CCO)CC3)n2n1. The molecule has 1 aromatic carbocycles. The van der Waals surface area contributed by atoms with Crippen LogP contribution in [0.15, 0.2) is 42.5 Å². The van der Waals surface area contributed by atoms with Crippen LogP contribution in [0.5, 0.6) is 0 Å². The number of aliphatic hydroxyl groups is 1. The highest BCUT2D eigenvalue weighted by Gasteiger charge is 2.44. The summed E-state index contributed by atoms with van der Waals surface area (Å²) in [7, 11) is 0. The van der Waals surface area contributed by atoms with E-state index in [-0.39, 0.29) is 18.4 Å². The Morgan fingerprint density at radius 2 is 1.97 bits per heavy atom. The van der Waals surface area contributed by atoms with Crippen molar-refractivity contribution >= 4 is 23.2 Å². The van der Waals surface area contributed by atoms with Gasteiger partial charge in [0.05, 0.1) is 5.69 Å². The molecule has 5 rings (SSSR count). The van der Waals surface area contributed by atoms with E-state index < -0.39 is 0 Å². The first-order valence-corrected chi connectivity index (χ1v) is 11.2. The average molecular weight is 420 g/mol. The molecule has 2 aliphatic rings. The lowest BCUT2D eigenvalue weighted by Gasteiger charge is -2.33. The quantitative estimate of drug-likeness (QED) is 0.640. The molecule has 2 fully saturated rings. The number of fused-ring (bicyclic) bond motifs is 1. The smallest absolute Gasteiger partial charge is 0.229 e. The van der Waals surface area contributed by atoms with E-state index in [0.29, 0.717) is 17.7 Å². The zero-order chi connectivity index (χ0) is 21.4. The molecule has 1 saturated heterocycles. The second-order valence-electron chi connectivity index (χ2n) is 8.85. The lowest BCUT2D eigenvalue weighted by Crippen LogP contribution is -2.35. The monoisotopic (exact) mass is 419 g/mol. The van der Waals surface area contributed by atoms with Crippen molar-refractivity contribution in [3.05, 3.63) is 53.7 Å². The third-order valence-corrected chi connectivity index (χ3v) is 6.61. The van der Waals surface area contributed by atoms with E-state index in [2.05, 4.69) is 32.4 Å². The fourth-order valence-corrected chi connectivity index (χ4v) is 4.77.